The normalized spacial score (nSPS) is 26.1. The van der Waals surface area contributed by atoms with Crippen molar-refractivity contribution in [3.8, 4) is 0 Å². The van der Waals surface area contributed by atoms with Gasteiger partial charge in [-0.1, -0.05) is 0 Å². The lowest BCUT2D eigenvalue weighted by Crippen LogP contribution is -2.57. The Morgan fingerprint density at radius 2 is 2.12 bits per heavy atom. The fourth-order valence-electron chi connectivity index (χ4n) is 1.92. The van der Waals surface area contributed by atoms with Gasteiger partial charge in [-0.3, -0.25) is 4.79 Å². The molecular formula is C10H14F3NO3. The van der Waals surface area contributed by atoms with Crippen LogP contribution < -0.4 is 0 Å². The number of likely N-dealkylation sites (tertiary alicyclic amines) is 1. The summed E-state index contributed by atoms with van der Waals surface area (Å²) in [6.07, 6.45) is -4.09. The highest BCUT2D eigenvalue weighted by Crippen LogP contribution is 2.22. The fourth-order valence-corrected chi connectivity index (χ4v) is 1.92. The third-order valence-electron chi connectivity index (χ3n) is 2.92. The molecule has 2 heterocycles. The van der Waals surface area contributed by atoms with Crippen molar-refractivity contribution >= 4 is 5.91 Å². The van der Waals surface area contributed by atoms with Crippen LogP contribution in [0.3, 0.4) is 0 Å². The molecule has 0 spiro atoms. The molecule has 1 amide bonds. The number of carbonyl (C=O) groups excluding carboxylic acids is 1. The summed E-state index contributed by atoms with van der Waals surface area (Å²) in [6, 6.07) is 0. The van der Waals surface area contributed by atoms with Gasteiger partial charge in [-0.15, -0.1) is 0 Å². The molecule has 2 saturated heterocycles. The molecule has 2 aliphatic heterocycles. The highest BCUT2D eigenvalue weighted by molar-refractivity contribution is 5.80. The first kappa shape index (κ1) is 12.6. The van der Waals surface area contributed by atoms with Gasteiger partial charge in [0.25, 0.3) is 0 Å². The smallest absolute Gasteiger partial charge is 0.381 e. The van der Waals surface area contributed by atoms with Gasteiger partial charge >= 0.3 is 6.18 Å². The van der Waals surface area contributed by atoms with Crippen LogP contribution in [0.5, 0.6) is 0 Å². The lowest BCUT2D eigenvalue weighted by atomic mass is 10.0. The molecule has 0 aromatic carbocycles. The van der Waals surface area contributed by atoms with Crippen molar-refractivity contribution in [2.24, 2.45) is 5.92 Å². The largest absolute Gasteiger partial charge is 0.411 e. The van der Waals surface area contributed by atoms with Crippen molar-refractivity contribution in [3.05, 3.63) is 0 Å². The van der Waals surface area contributed by atoms with Crippen LogP contribution in [0.4, 0.5) is 13.2 Å². The number of amides is 1. The molecule has 4 nitrogen and oxygen atoms in total. The second-order valence-electron chi connectivity index (χ2n) is 4.35. The van der Waals surface area contributed by atoms with Crippen LogP contribution in [0.2, 0.25) is 0 Å². The predicted octanol–water partition coefficient (Wildman–Crippen LogP) is 0.813. The number of nitrogens with zero attached hydrogens (tertiary/aromatic N) is 1. The average Bonchev–Trinajstić information content (AvgIpc) is 2.65. The summed E-state index contributed by atoms with van der Waals surface area (Å²) in [6.45, 7) is 0.269. The molecule has 17 heavy (non-hydrogen) atoms. The zero-order chi connectivity index (χ0) is 12.5. The summed E-state index contributed by atoms with van der Waals surface area (Å²) < 4.78 is 45.3. The molecule has 2 rings (SSSR count). The molecule has 2 fully saturated rings. The van der Waals surface area contributed by atoms with Crippen molar-refractivity contribution < 1.29 is 27.4 Å². The molecule has 1 atom stereocenters. The van der Waals surface area contributed by atoms with Crippen molar-refractivity contribution in [2.75, 3.05) is 32.9 Å². The highest BCUT2D eigenvalue weighted by Gasteiger charge is 2.38. The maximum atomic E-state index is 11.9. The van der Waals surface area contributed by atoms with Crippen LogP contribution in [-0.4, -0.2) is 56.0 Å². The van der Waals surface area contributed by atoms with Crippen LogP contribution in [0.25, 0.3) is 0 Å². The van der Waals surface area contributed by atoms with E-state index in [4.69, 9.17) is 4.74 Å². The van der Waals surface area contributed by atoms with E-state index in [9.17, 15) is 18.0 Å². The molecule has 0 radical (unpaired) electrons. The number of rotatable bonds is 3. The maximum Gasteiger partial charge on any atom is 0.411 e. The number of halogens is 3. The van der Waals surface area contributed by atoms with E-state index in [-0.39, 0.29) is 24.9 Å². The van der Waals surface area contributed by atoms with Crippen LogP contribution in [0.15, 0.2) is 0 Å². The van der Waals surface area contributed by atoms with E-state index in [0.29, 0.717) is 19.6 Å². The number of ether oxygens (including phenoxy) is 2. The third kappa shape index (κ3) is 3.32. The van der Waals surface area contributed by atoms with E-state index in [1.807, 2.05) is 0 Å². The zero-order valence-corrected chi connectivity index (χ0v) is 9.20. The van der Waals surface area contributed by atoms with E-state index < -0.39 is 18.9 Å². The van der Waals surface area contributed by atoms with Gasteiger partial charge in [-0.05, 0) is 6.42 Å². The van der Waals surface area contributed by atoms with Crippen molar-refractivity contribution in [1.29, 1.82) is 0 Å². The van der Waals surface area contributed by atoms with Crippen LogP contribution >= 0.6 is 0 Å². The van der Waals surface area contributed by atoms with Gasteiger partial charge in [0.2, 0.25) is 5.91 Å². The first-order chi connectivity index (χ1) is 7.96. The molecule has 0 saturated carbocycles. The molecule has 7 heteroatoms. The van der Waals surface area contributed by atoms with E-state index >= 15 is 0 Å². The van der Waals surface area contributed by atoms with Crippen molar-refractivity contribution in [1.82, 2.24) is 4.90 Å². The van der Waals surface area contributed by atoms with Crippen molar-refractivity contribution in [2.45, 2.75) is 18.7 Å². The average molecular weight is 253 g/mol. The van der Waals surface area contributed by atoms with Gasteiger partial charge in [0.1, 0.15) is 6.61 Å². The summed E-state index contributed by atoms with van der Waals surface area (Å²) in [5.41, 5.74) is 0. The summed E-state index contributed by atoms with van der Waals surface area (Å²) >= 11 is 0. The summed E-state index contributed by atoms with van der Waals surface area (Å²) in [5.74, 6) is -0.159. The van der Waals surface area contributed by atoms with E-state index in [1.165, 1.54) is 4.90 Å². The summed E-state index contributed by atoms with van der Waals surface area (Å²) in [4.78, 5) is 13.3. The Balaban J connectivity index is 1.66. The molecule has 0 aliphatic carbocycles. The predicted molar refractivity (Wildman–Crippen MR) is 51.3 cm³/mol. The molecular weight excluding hydrogens is 239 g/mol. The molecule has 0 aromatic heterocycles. The Kier molecular flexibility index (Phi) is 3.58. The third-order valence-corrected chi connectivity index (χ3v) is 2.92. The molecule has 2 aliphatic rings. The Bertz CT molecular complexity index is 283. The van der Waals surface area contributed by atoms with Crippen LogP contribution in [-0.2, 0) is 14.3 Å². The lowest BCUT2D eigenvalue weighted by Gasteiger charge is -2.40. The van der Waals surface area contributed by atoms with Gasteiger partial charge in [0.15, 0.2) is 0 Å². The van der Waals surface area contributed by atoms with E-state index in [0.717, 1.165) is 0 Å². The van der Waals surface area contributed by atoms with E-state index in [1.54, 1.807) is 0 Å². The van der Waals surface area contributed by atoms with Gasteiger partial charge in [0.05, 0.1) is 18.6 Å². The minimum Gasteiger partial charge on any atom is -0.381 e. The van der Waals surface area contributed by atoms with Gasteiger partial charge in [-0.2, -0.15) is 13.2 Å². The minimum atomic E-state index is -4.30. The molecule has 98 valence electrons. The maximum absolute atomic E-state index is 11.9. The Morgan fingerprint density at radius 3 is 2.65 bits per heavy atom. The quantitative estimate of drug-likeness (QED) is 0.747. The number of carbonyl (C=O) groups is 1. The first-order valence-corrected chi connectivity index (χ1v) is 5.50. The van der Waals surface area contributed by atoms with Crippen LogP contribution in [0, 0.1) is 5.92 Å². The second kappa shape index (κ2) is 4.81. The van der Waals surface area contributed by atoms with Gasteiger partial charge < -0.3 is 14.4 Å². The standard InChI is InChI=1S/C10H14F3NO3/c11-10(12,13)6-17-8-3-14(4-8)9(15)7-1-2-16-5-7/h7-8H,1-6H2/t7-/m0/s1. The minimum absolute atomic E-state index is 0.0330. The topological polar surface area (TPSA) is 38.8 Å². The number of hydrogen-bond donors (Lipinski definition) is 0. The van der Waals surface area contributed by atoms with E-state index in [2.05, 4.69) is 4.74 Å². The molecule has 0 bridgehead atoms. The first-order valence-electron chi connectivity index (χ1n) is 5.50. The second-order valence-corrected chi connectivity index (χ2v) is 4.35. The van der Waals surface area contributed by atoms with Gasteiger partial charge in [0, 0.05) is 19.7 Å². The molecule has 0 N–H and O–H groups in total. The monoisotopic (exact) mass is 253 g/mol. The van der Waals surface area contributed by atoms with Crippen LogP contribution in [0.1, 0.15) is 6.42 Å². The van der Waals surface area contributed by atoms with Gasteiger partial charge in [-0.25, -0.2) is 0 Å². The Hall–Kier alpha value is -0.820. The number of hydrogen-bond acceptors (Lipinski definition) is 3. The van der Waals surface area contributed by atoms with Crippen molar-refractivity contribution in [3.63, 3.8) is 0 Å². The zero-order valence-electron chi connectivity index (χ0n) is 9.20. The Morgan fingerprint density at radius 1 is 1.41 bits per heavy atom. The Labute approximate surface area is 96.7 Å². The lowest BCUT2D eigenvalue weighted by molar-refractivity contribution is -0.200. The fraction of sp³-hybridized carbons (Fsp3) is 0.900. The highest BCUT2D eigenvalue weighted by atomic mass is 19.4. The molecule has 0 aromatic rings. The molecule has 0 unspecified atom stereocenters. The summed E-state index contributed by atoms with van der Waals surface area (Å²) in [7, 11) is 0. The number of alkyl halides is 3. The SMILES string of the molecule is O=C([C@H]1CCOC1)N1CC(OCC(F)(F)F)C1. The summed E-state index contributed by atoms with van der Waals surface area (Å²) in [5, 5.41) is 0.